The standard InChI is InChI=1S/C18H17FN2O4/c1-24-15-9-13(10-16(11-15)25-2)18(23)21-20-17(22)7-6-12-4-3-5-14(19)8-12/h3-11H,1-2H3,(H,20,22)(H,21,23)/b7-6+. The molecule has 0 spiro atoms. The number of benzene rings is 2. The molecule has 0 unspecified atom stereocenters. The predicted molar refractivity (Wildman–Crippen MR) is 90.6 cm³/mol. The maximum absolute atomic E-state index is 13.0. The Morgan fingerprint density at radius 2 is 1.68 bits per heavy atom. The molecule has 2 aromatic carbocycles. The molecule has 0 fully saturated rings. The molecule has 130 valence electrons. The minimum atomic E-state index is -0.563. The lowest BCUT2D eigenvalue weighted by Gasteiger charge is -2.09. The van der Waals surface area contributed by atoms with Crippen LogP contribution in [0.15, 0.2) is 48.5 Å². The average Bonchev–Trinajstić information content (AvgIpc) is 2.63. The van der Waals surface area contributed by atoms with Crippen molar-refractivity contribution in [2.45, 2.75) is 0 Å². The zero-order valence-corrected chi connectivity index (χ0v) is 13.7. The molecule has 25 heavy (non-hydrogen) atoms. The third kappa shape index (κ3) is 5.35. The van der Waals surface area contributed by atoms with Crippen molar-refractivity contribution in [3.8, 4) is 11.5 Å². The lowest BCUT2D eigenvalue weighted by molar-refractivity contribution is -0.117. The maximum atomic E-state index is 13.0. The molecule has 0 aliphatic carbocycles. The summed E-state index contributed by atoms with van der Waals surface area (Å²) in [7, 11) is 2.94. The summed E-state index contributed by atoms with van der Waals surface area (Å²) in [4.78, 5) is 23.8. The SMILES string of the molecule is COc1cc(OC)cc(C(=O)NNC(=O)/C=C/c2cccc(F)c2)c1. The molecule has 2 aromatic rings. The first kappa shape index (κ1) is 18.0. The van der Waals surface area contributed by atoms with E-state index in [1.807, 2.05) is 0 Å². The van der Waals surface area contributed by atoms with Gasteiger partial charge in [0.1, 0.15) is 17.3 Å². The number of hydrogen-bond acceptors (Lipinski definition) is 4. The van der Waals surface area contributed by atoms with Crippen LogP contribution in [0.4, 0.5) is 4.39 Å². The highest BCUT2D eigenvalue weighted by atomic mass is 19.1. The Morgan fingerprint density at radius 1 is 1.00 bits per heavy atom. The van der Waals surface area contributed by atoms with Crippen molar-refractivity contribution in [3.63, 3.8) is 0 Å². The van der Waals surface area contributed by atoms with Gasteiger partial charge in [-0.25, -0.2) is 4.39 Å². The van der Waals surface area contributed by atoms with Gasteiger partial charge in [-0.2, -0.15) is 0 Å². The molecule has 0 aliphatic rings. The highest BCUT2D eigenvalue weighted by Crippen LogP contribution is 2.22. The summed E-state index contributed by atoms with van der Waals surface area (Å²) in [5.41, 5.74) is 5.30. The predicted octanol–water partition coefficient (Wildman–Crippen LogP) is 2.32. The van der Waals surface area contributed by atoms with Crippen molar-refractivity contribution in [2.75, 3.05) is 14.2 Å². The summed E-state index contributed by atoms with van der Waals surface area (Å²) in [6.45, 7) is 0. The third-order valence-electron chi connectivity index (χ3n) is 3.19. The van der Waals surface area contributed by atoms with Crippen LogP contribution in [0.3, 0.4) is 0 Å². The van der Waals surface area contributed by atoms with Crippen LogP contribution in [-0.4, -0.2) is 26.0 Å². The summed E-state index contributed by atoms with van der Waals surface area (Å²) in [5.74, 6) is -0.608. The van der Waals surface area contributed by atoms with Crippen LogP contribution in [0.25, 0.3) is 6.08 Å². The van der Waals surface area contributed by atoms with Gasteiger partial charge in [0.2, 0.25) is 0 Å². The normalized spacial score (nSPS) is 10.4. The van der Waals surface area contributed by atoms with E-state index in [4.69, 9.17) is 9.47 Å². The third-order valence-corrected chi connectivity index (χ3v) is 3.19. The molecular formula is C18H17FN2O4. The first-order chi connectivity index (χ1) is 12.0. The van der Waals surface area contributed by atoms with E-state index in [0.29, 0.717) is 17.1 Å². The minimum absolute atomic E-state index is 0.255. The van der Waals surface area contributed by atoms with Crippen LogP contribution in [-0.2, 0) is 4.79 Å². The van der Waals surface area contributed by atoms with Crippen molar-refractivity contribution in [1.29, 1.82) is 0 Å². The van der Waals surface area contributed by atoms with Gasteiger partial charge in [-0.15, -0.1) is 0 Å². The van der Waals surface area contributed by atoms with E-state index in [1.54, 1.807) is 12.1 Å². The van der Waals surface area contributed by atoms with Crippen LogP contribution in [0.5, 0.6) is 11.5 Å². The van der Waals surface area contributed by atoms with E-state index in [0.717, 1.165) is 0 Å². The monoisotopic (exact) mass is 344 g/mol. The molecule has 0 aliphatic heterocycles. The molecule has 0 bridgehead atoms. The zero-order chi connectivity index (χ0) is 18.2. The number of nitrogens with one attached hydrogen (secondary N) is 2. The Kier molecular flexibility index (Phi) is 6.11. The van der Waals surface area contributed by atoms with Gasteiger partial charge in [0.25, 0.3) is 11.8 Å². The fraction of sp³-hybridized carbons (Fsp3) is 0.111. The lowest BCUT2D eigenvalue weighted by Crippen LogP contribution is -2.40. The van der Waals surface area contributed by atoms with Crippen molar-refractivity contribution < 1.29 is 23.5 Å². The number of carbonyl (C=O) groups is 2. The van der Waals surface area contributed by atoms with Crippen LogP contribution in [0.2, 0.25) is 0 Å². The van der Waals surface area contributed by atoms with Gasteiger partial charge >= 0.3 is 0 Å². The van der Waals surface area contributed by atoms with Gasteiger partial charge in [-0.1, -0.05) is 12.1 Å². The van der Waals surface area contributed by atoms with Crippen LogP contribution >= 0.6 is 0 Å². The fourth-order valence-corrected chi connectivity index (χ4v) is 1.95. The lowest BCUT2D eigenvalue weighted by atomic mass is 10.2. The highest BCUT2D eigenvalue weighted by molar-refractivity contribution is 5.98. The quantitative estimate of drug-likeness (QED) is 0.645. The summed E-state index contributed by atoms with van der Waals surface area (Å²) >= 11 is 0. The summed E-state index contributed by atoms with van der Waals surface area (Å²) < 4.78 is 23.2. The van der Waals surface area contributed by atoms with Crippen molar-refractivity contribution >= 4 is 17.9 Å². The summed E-state index contributed by atoms with van der Waals surface area (Å²) in [6, 6.07) is 10.4. The topological polar surface area (TPSA) is 76.7 Å². The number of rotatable bonds is 5. The number of halogens is 1. The van der Waals surface area contributed by atoms with Gasteiger partial charge in [-0.3, -0.25) is 20.4 Å². The Morgan fingerprint density at radius 3 is 2.28 bits per heavy atom. The molecule has 0 saturated heterocycles. The van der Waals surface area contributed by atoms with Crippen LogP contribution < -0.4 is 20.3 Å². The molecule has 0 atom stereocenters. The molecule has 2 amide bonds. The second-order valence-corrected chi connectivity index (χ2v) is 4.93. The number of ether oxygens (including phenoxy) is 2. The Hall–Kier alpha value is -3.35. The number of methoxy groups -OCH3 is 2. The molecule has 7 heteroatoms. The van der Waals surface area contributed by atoms with E-state index >= 15 is 0 Å². The Balaban J connectivity index is 1.96. The maximum Gasteiger partial charge on any atom is 0.269 e. The van der Waals surface area contributed by atoms with Gasteiger partial charge in [-0.05, 0) is 35.9 Å². The molecule has 0 heterocycles. The molecule has 0 saturated carbocycles. The number of hydrogen-bond donors (Lipinski definition) is 2. The molecule has 6 nitrogen and oxygen atoms in total. The number of hydrazine groups is 1. The average molecular weight is 344 g/mol. The van der Waals surface area contributed by atoms with Crippen LogP contribution in [0, 0.1) is 5.82 Å². The van der Waals surface area contributed by atoms with Crippen molar-refractivity contribution in [1.82, 2.24) is 10.9 Å². The van der Waals surface area contributed by atoms with E-state index in [-0.39, 0.29) is 5.56 Å². The summed E-state index contributed by atoms with van der Waals surface area (Å²) in [5, 5.41) is 0. The highest BCUT2D eigenvalue weighted by Gasteiger charge is 2.10. The largest absolute Gasteiger partial charge is 0.497 e. The number of carbonyl (C=O) groups excluding carboxylic acids is 2. The molecular weight excluding hydrogens is 327 g/mol. The van der Waals surface area contributed by atoms with Gasteiger partial charge in [0, 0.05) is 17.7 Å². The Bertz CT molecular complexity index is 783. The van der Waals surface area contributed by atoms with E-state index in [2.05, 4.69) is 10.9 Å². The Labute approximate surface area is 144 Å². The van der Waals surface area contributed by atoms with Gasteiger partial charge in [0.15, 0.2) is 0 Å². The second kappa shape index (κ2) is 8.49. The number of amides is 2. The first-order valence-corrected chi connectivity index (χ1v) is 7.29. The molecule has 2 rings (SSSR count). The minimum Gasteiger partial charge on any atom is -0.497 e. The molecule has 0 aromatic heterocycles. The van der Waals surface area contributed by atoms with Crippen LogP contribution in [0.1, 0.15) is 15.9 Å². The van der Waals surface area contributed by atoms with E-state index < -0.39 is 17.6 Å². The smallest absolute Gasteiger partial charge is 0.269 e. The second-order valence-electron chi connectivity index (χ2n) is 4.93. The fourth-order valence-electron chi connectivity index (χ4n) is 1.95. The van der Waals surface area contributed by atoms with Crippen molar-refractivity contribution in [2.24, 2.45) is 0 Å². The van der Waals surface area contributed by atoms with Gasteiger partial charge in [0.05, 0.1) is 14.2 Å². The summed E-state index contributed by atoms with van der Waals surface area (Å²) in [6.07, 6.45) is 2.61. The van der Waals surface area contributed by atoms with Gasteiger partial charge < -0.3 is 9.47 Å². The zero-order valence-electron chi connectivity index (χ0n) is 13.7. The molecule has 2 N–H and O–H groups in total. The van der Waals surface area contributed by atoms with E-state index in [1.165, 1.54) is 56.7 Å². The van der Waals surface area contributed by atoms with Crippen molar-refractivity contribution in [3.05, 3.63) is 65.5 Å². The first-order valence-electron chi connectivity index (χ1n) is 7.29. The van der Waals surface area contributed by atoms with E-state index in [9.17, 15) is 14.0 Å². The molecule has 0 radical (unpaired) electrons.